The quantitative estimate of drug-likeness (QED) is 0.764. The van der Waals surface area contributed by atoms with Crippen LogP contribution in [0.25, 0.3) is 0 Å². The van der Waals surface area contributed by atoms with E-state index in [1.54, 1.807) is 25.5 Å². The molecular formula is C21H23N3O4S. The lowest BCUT2D eigenvalue weighted by Gasteiger charge is -2.31. The van der Waals surface area contributed by atoms with Crippen molar-refractivity contribution in [3.8, 4) is 5.75 Å². The Hall–Kier alpha value is -2.87. The smallest absolute Gasteiger partial charge is 0.325 e. The number of nitrogens with zero attached hydrogens (tertiary/aromatic N) is 2. The van der Waals surface area contributed by atoms with Crippen LogP contribution in [0.5, 0.6) is 5.75 Å². The molecule has 1 aromatic carbocycles. The molecule has 2 aromatic rings. The third-order valence-corrected chi connectivity index (χ3v) is 6.59. The van der Waals surface area contributed by atoms with Crippen LogP contribution in [0.2, 0.25) is 0 Å². The second-order valence-electron chi connectivity index (χ2n) is 7.44. The summed E-state index contributed by atoms with van der Waals surface area (Å²) < 4.78 is 5.21. The Morgan fingerprint density at radius 3 is 2.97 bits per heavy atom. The number of thiophene rings is 1. The summed E-state index contributed by atoms with van der Waals surface area (Å²) in [5.41, 5.74) is 0.770. The second-order valence-corrected chi connectivity index (χ2v) is 8.44. The van der Waals surface area contributed by atoms with E-state index in [-0.39, 0.29) is 18.4 Å². The molecule has 1 N–H and O–H groups in total. The Bertz CT molecular complexity index is 972. The minimum atomic E-state index is -1.02. The number of hydrogen-bond acceptors (Lipinski definition) is 5. The maximum absolute atomic E-state index is 13.2. The van der Waals surface area contributed by atoms with E-state index in [4.69, 9.17) is 4.74 Å². The lowest BCUT2D eigenvalue weighted by molar-refractivity contribution is -0.139. The number of benzene rings is 1. The van der Waals surface area contributed by atoms with Crippen LogP contribution in [0.4, 0.5) is 4.79 Å². The number of ether oxygens (including phenoxy) is 1. The first kappa shape index (κ1) is 19.4. The van der Waals surface area contributed by atoms with Crippen LogP contribution < -0.4 is 10.1 Å². The molecule has 152 valence electrons. The Labute approximate surface area is 173 Å². The van der Waals surface area contributed by atoms with Gasteiger partial charge < -0.3 is 15.0 Å². The van der Waals surface area contributed by atoms with E-state index in [1.165, 1.54) is 4.90 Å². The van der Waals surface area contributed by atoms with E-state index >= 15 is 0 Å². The number of amides is 4. The van der Waals surface area contributed by atoms with Gasteiger partial charge in [-0.05, 0) is 48.4 Å². The molecule has 0 saturated carbocycles. The van der Waals surface area contributed by atoms with Crippen LogP contribution in [0.3, 0.4) is 0 Å². The van der Waals surface area contributed by atoms with E-state index in [2.05, 4.69) is 5.32 Å². The van der Waals surface area contributed by atoms with Crippen molar-refractivity contribution in [2.75, 3.05) is 20.7 Å². The van der Waals surface area contributed by atoms with E-state index < -0.39 is 11.6 Å². The maximum atomic E-state index is 13.2. The van der Waals surface area contributed by atoms with Gasteiger partial charge in [0.15, 0.2) is 0 Å². The van der Waals surface area contributed by atoms with Crippen LogP contribution >= 0.6 is 11.3 Å². The minimum Gasteiger partial charge on any atom is -0.497 e. The number of rotatable bonds is 5. The molecule has 2 heterocycles. The van der Waals surface area contributed by atoms with Gasteiger partial charge in [-0.3, -0.25) is 14.5 Å². The molecule has 1 aliphatic heterocycles. The van der Waals surface area contributed by atoms with Crippen molar-refractivity contribution in [2.45, 2.75) is 31.3 Å². The number of imide groups is 1. The molecule has 0 radical (unpaired) electrons. The molecule has 1 atom stereocenters. The molecule has 29 heavy (non-hydrogen) atoms. The Morgan fingerprint density at radius 1 is 1.34 bits per heavy atom. The van der Waals surface area contributed by atoms with Crippen LogP contribution in [0.15, 0.2) is 35.7 Å². The summed E-state index contributed by atoms with van der Waals surface area (Å²) in [4.78, 5) is 42.2. The highest BCUT2D eigenvalue weighted by molar-refractivity contribution is 7.10. The summed E-state index contributed by atoms with van der Waals surface area (Å²) >= 11 is 1.61. The lowest BCUT2D eigenvalue weighted by Crippen LogP contribution is -2.46. The molecule has 1 spiro atoms. The fourth-order valence-electron chi connectivity index (χ4n) is 4.07. The summed E-state index contributed by atoms with van der Waals surface area (Å²) in [5, 5.41) is 4.83. The number of hydrogen-bond donors (Lipinski definition) is 1. The summed E-state index contributed by atoms with van der Waals surface area (Å²) in [5.74, 6) is 0.0861. The monoisotopic (exact) mass is 413 g/mol. The van der Waals surface area contributed by atoms with Gasteiger partial charge in [0.05, 0.1) is 7.11 Å². The Morgan fingerprint density at radius 2 is 2.17 bits per heavy atom. The van der Waals surface area contributed by atoms with Gasteiger partial charge in [-0.25, -0.2) is 4.79 Å². The first-order valence-electron chi connectivity index (χ1n) is 9.52. The highest BCUT2D eigenvalue weighted by Gasteiger charge is 2.54. The largest absolute Gasteiger partial charge is 0.497 e. The molecule has 1 fully saturated rings. The molecule has 4 rings (SSSR count). The van der Waals surface area contributed by atoms with Crippen molar-refractivity contribution in [1.82, 2.24) is 15.1 Å². The van der Waals surface area contributed by atoms with Gasteiger partial charge in [0.2, 0.25) is 5.91 Å². The molecule has 1 aromatic heterocycles. The number of carbonyl (C=O) groups excluding carboxylic acids is 3. The third-order valence-electron chi connectivity index (χ3n) is 5.61. The Kier molecular flexibility index (Phi) is 5.04. The number of carbonyl (C=O) groups is 3. The van der Waals surface area contributed by atoms with E-state index in [1.807, 2.05) is 35.7 Å². The van der Waals surface area contributed by atoms with Crippen LogP contribution in [0.1, 0.15) is 28.8 Å². The number of methoxy groups -OCH3 is 1. The van der Waals surface area contributed by atoms with E-state index in [0.717, 1.165) is 33.7 Å². The number of nitrogens with one attached hydrogen (secondary N) is 1. The topological polar surface area (TPSA) is 79.0 Å². The van der Waals surface area contributed by atoms with E-state index in [0.29, 0.717) is 18.7 Å². The number of aryl methyl sites for hydroxylation is 1. The molecule has 1 saturated heterocycles. The summed E-state index contributed by atoms with van der Waals surface area (Å²) in [6, 6.07) is 8.85. The molecule has 0 bridgehead atoms. The van der Waals surface area contributed by atoms with Crippen molar-refractivity contribution >= 4 is 29.2 Å². The highest BCUT2D eigenvalue weighted by atomic mass is 32.1. The van der Waals surface area contributed by atoms with Gasteiger partial charge in [-0.15, -0.1) is 11.3 Å². The predicted molar refractivity (Wildman–Crippen MR) is 109 cm³/mol. The average molecular weight is 413 g/mol. The van der Waals surface area contributed by atoms with Crippen molar-refractivity contribution in [2.24, 2.45) is 0 Å². The van der Waals surface area contributed by atoms with Crippen molar-refractivity contribution < 1.29 is 19.1 Å². The summed E-state index contributed by atoms with van der Waals surface area (Å²) in [6.07, 6.45) is 2.31. The zero-order valence-electron chi connectivity index (χ0n) is 16.4. The first-order valence-corrected chi connectivity index (χ1v) is 10.4. The molecule has 0 unspecified atom stereocenters. The van der Waals surface area contributed by atoms with E-state index in [9.17, 15) is 14.4 Å². The summed E-state index contributed by atoms with van der Waals surface area (Å²) in [6.45, 7) is 0.0891. The van der Waals surface area contributed by atoms with Gasteiger partial charge in [0.25, 0.3) is 5.91 Å². The molecule has 1 aliphatic carbocycles. The van der Waals surface area contributed by atoms with Gasteiger partial charge in [0.1, 0.15) is 17.8 Å². The molecule has 2 aliphatic rings. The SMILES string of the molecule is COc1cccc(CN(C)C(=O)CN2C(=O)N[C@]3(CCCc4sccc43)C2=O)c1. The Balaban J connectivity index is 1.47. The fraction of sp³-hybridized carbons (Fsp3) is 0.381. The van der Waals surface area contributed by atoms with Crippen LogP contribution in [-0.2, 0) is 28.1 Å². The molecule has 7 nitrogen and oxygen atoms in total. The zero-order valence-corrected chi connectivity index (χ0v) is 17.3. The highest BCUT2D eigenvalue weighted by Crippen LogP contribution is 2.42. The predicted octanol–water partition coefficient (Wildman–Crippen LogP) is 2.50. The van der Waals surface area contributed by atoms with Crippen molar-refractivity contribution in [1.29, 1.82) is 0 Å². The lowest BCUT2D eigenvalue weighted by atomic mass is 9.80. The molecule has 8 heteroatoms. The molecular weight excluding hydrogens is 390 g/mol. The van der Waals surface area contributed by atoms with Crippen LogP contribution in [-0.4, -0.2) is 48.3 Å². The number of likely N-dealkylation sites (N-methyl/N-ethyl adjacent to an activating group) is 1. The normalized spacial score (nSPS) is 20.6. The third kappa shape index (κ3) is 3.37. The van der Waals surface area contributed by atoms with Crippen molar-refractivity contribution in [3.63, 3.8) is 0 Å². The van der Waals surface area contributed by atoms with Gasteiger partial charge in [-0.2, -0.15) is 0 Å². The number of fused-ring (bicyclic) bond motifs is 2. The van der Waals surface area contributed by atoms with Gasteiger partial charge >= 0.3 is 6.03 Å². The second kappa shape index (κ2) is 7.51. The van der Waals surface area contributed by atoms with Gasteiger partial charge in [0, 0.05) is 24.0 Å². The standard InChI is InChI=1S/C21H23N3O4S/c1-23(12-14-5-3-6-15(11-14)28-2)18(25)13-24-19(26)21(22-20(24)27)9-4-7-17-16(21)8-10-29-17/h3,5-6,8,10-11H,4,7,9,12-13H2,1-2H3,(H,22,27)/t21-/m0/s1. The zero-order chi connectivity index (χ0) is 20.6. The van der Waals surface area contributed by atoms with Crippen LogP contribution in [0, 0.1) is 0 Å². The summed E-state index contributed by atoms with van der Waals surface area (Å²) in [7, 11) is 3.25. The number of urea groups is 1. The average Bonchev–Trinajstić information content (AvgIpc) is 3.28. The first-order chi connectivity index (χ1) is 13.9. The fourth-order valence-corrected chi connectivity index (χ4v) is 5.07. The molecule has 4 amide bonds. The van der Waals surface area contributed by atoms with Gasteiger partial charge in [-0.1, -0.05) is 12.1 Å². The maximum Gasteiger partial charge on any atom is 0.325 e. The van der Waals surface area contributed by atoms with Crippen molar-refractivity contribution in [3.05, 3.63) is 51.7 Å². The minimum absolute atomic E-state index is 0.271.